The molecule has 2 aromatic heterocycles. The third-order valence-electron chi connectivity index (χ3n) is 5.04. The molecule has 0 saturated carbocycles. The molecule has 0 N–H and O–H groups in total. The number of amides is 1. The summed E-state index contributed by atoms with van der Waals surface area (Å²) >= 11 is 0. The van der Waals surface area contributed by atoms with E-state index in [0.717, 1.165) is 29.9 Å². The van der Waals surface area contributed by atoms with Crippen LogP contribution in [0.5, 0.6) is 0 Å². The lowest BCUT2D eigenvalue weighted by Crippen LogP contribution is -2.43. The van der Waals surface area contributed by atoms with E-state index in [0.29, 0.717) is 24.0 Å². The molecule has 9 nitrogen and oxygen atoms in total. The fraction of sp³-hybridized carbons (Fsp3) is 0.444. The smallest absolute Gasteiger partial charge is 0.278 e. The fourth-order valence-electron chi connectivity index (χ4n) is 3.59. The number of nitrogens with zero attached hydrogens (tertiary/aromatic N) is 7. The minimum atomic E-state index is -0.298. The molecular weight excluding hydrogens is 346 g/mol. The van der Waals surface area contributed by atoms with Crippen molar-refractivity contribution in [1.82, 2.24) is 34.7 Å². The Kier molecular flexibility index (Phi) is 4.66. The molecule has 1 aliphatic rings. The Morgan fingerprint density at radius 2 is 2.11 bits per heavy atom. The Morgan fingerprint density at radius 1 is 1.26 bits per heavy atom. The zero-order valence-corrected chi connectivity index (χ0v) is 15.2. The molecule has 1 aromatic carbocycles. The number of carbonyl (C=O) groups excluding carboxylic acids is 1. The number of piperidine rings is 1. The minimum Gasteiger partial charge on any atom is -0.340 e. The van der Waals surface area contributed by atoms with Gasteiger partial charge in [0.25, 0.3) is 5.56 Å². The van der Waals surface area contributed by atoms with Crippen LogP contribution in [-0.2, 0) is 17.9 Å². The van der Waals surface area contributed by atoms with Crippen LogP contribution in [0.2, 0.25) is 0 Å². The van der Waals surface area contributed by atoms with Gasteiger partial charge in [0.1, 0.15) is 24.2 Å². The second-order valence-electron chi connectivity index (χ2n) is 6.72. The van der Waals surface area contributed by atoms with Crippen LogP contribution in [0.15, 0.2) is 35.4 Å². The SMILES string of the molecule is CCn1cnnc1[C@@H]1CCCN(C(=O)Cn2nnc3ccccc3c2=O)C1. The van der Waals surface area contributed by atoms with Crippen LogP contribution in [0.1, 0.15) is 31.5 Å². The van der Waals surface area contributed by atoms with Crippen molar-refractivity contribution < 1.29 is 4.79 Å². The number of benzene rings is 1. The predicted octanol–water partition coefficient (Wildman–Crippen LogP) is 0.809. The van der Waals surface area contributed by atoms with Gasteiger partial charge < -0.3 is 9.47 Å². The van der Waals surface area contributed by atoms with Crippen molar-refractivity contribution in [3.8, 4) is 0 Å². The van der Waals surface area contributed by atoms with Gasteiger partial charge in [0, 0.05) is 25.6 Å². The van der Waals surface area contributed by atoms with Crippen molar-refractivity contribution in [2.75, 3.05) is 13.1 Å². The molecule has 1 fully saturated rings. The summed E-state index contributed by atoms with van der Waals surface area (Å²) in [5.41, 5.74) is 0.233. The van der Waals surface area contributed by atoms with Gasteiger partial charge in [-0.3, -0.25) is 9.59 Å². The van der Waals surface area contributed by atoms with Gasteiger partial charge in [0.2, 0.25) is 5.91 Å². The third-order valence-corrected chi connectivity index (χ3v) is 5.04. The molecule has 4 rings (SSSR count). The van der Waals surface area contributed by atoms with Crippen molar-refractivity contribution in [3.05, 3.63) is 46.8 Å². The first-order chi connectivity index (χ1) is 13.2. The summed E-state index contributed by atoms with van der Waals surface area (Å²) in [7, 11) is 0. The highest BCUT2D eigenvalue weighted by atomic mass is 16.2. The Bertz CT molecular complexity index is 1030. The summed E-state index contributed by atoms with van der Waals surface area (Å²) in [6, 6.07) is 7.00. The fourth-order valence-corrected chi connectivity index (χ4v) is 3.59. The van der Waals surface area contributed by atoms with Crippen molar-refractivity contribution in [3.63, 3.8) is 0 Å². The molecule has 0 spiro atoms. The summed E-state index contributed by atoms with van der Waals surface area (Å²) in [6.07, 6.45) is 3.59. The first-order valence-corrected chi connectivity index (χ1v) is 9.15. The van der Waals surface area contributed by atoms with Crippen LogP contribution < -0.4 is 5.56 Å². The van der Waals surface area contributed by atoms with Gasteiger partial charge in [0.15, 0.2) is 0 Å². The molecule has 1 amide bonds. The lowest BCUT2D eigenvalue weighted by atomic mass is 9.97. The average Bonchev–Trinajstić information content (AvgIpc) is 3.19. The molecule has 1 aliphatic heterocycles. The Morgan fingerprint density at radius 3 is 2.96 bits per heavy atom. The second-order valence-corrected chi connectivity index (χ2v) is 6.72. The van der Waals surface area contributed by atoms with Gasteiger partial charge in [-0.15, -0.1) is 15.3 Å². The molecule has 27 heavy (non-hydrogen) atoms. The normalized spacial score (nSPS) is 17.4. The van der Waals surface area contributed by atoms with Gasteiger partial charge in [0.05, 0.1) is 5.39 Å². The topological polar surface area (TPSA) is 98.8 Å². The molecule has 140 valence electrons. The van der Waals surface area contributed by atoms with E-state index in [4.69, 9.17) is 0 Å². The maximum Gasteiger partial charge on any atom is 0.278 e. The second kappa shape index (κ2) is 7.26. The van der Waals surface area contributed by atoms with Gasteiger partial charge in [-0.05, 0) is 31.9 Å². The number of fused-ring (bicyclic) bond motifs is 1. The van der Waals surface area contributed by atoms with Crippen molar-refractivity contribution in [2.45, 2.75) is 38.8 Å². The number of hydrogen-bond donors (Lipinski definition) is 0. The highest BCUT2D eigenvalue weighted by molar-refractivity contribution is 5.78. The molecule has 0 unspecified atom stereocenters. The molecule has 9 heteroatoms. The van der Waals surface area contributed by atoms with E-state index >= 15 is 0 Å². The molecule has 0 radical (unpaired) electrons. The zero-order valence-electron chi connectivity index (χ0n) is 15.2. The molecule has 1 saturated heterocycles. The van der Waals surface area contributed by atoms with Gasteiger partial charge in [-0.2, -0.15) is 0 Å². The standard InChI is InChI=1S/C18H21N7O2/c1-2-23-12-19-21-17(23)13-6-5-9-24(10-13)16(26)11-25-18(27)14-7-3-4-8-15(14)20-22-25/h3-4,7-8,12-13H,2,5-6,9-11H2,1H3/t13-/m1/s1. The molecule has 3 heterocycles. The Balaban J connectivity index is 1.51. The maximum atomic E-state index is 12.8. The first kappa shape index (κ1) is 17.3. The van der Waals surface area contributed by atoms with Gasteiger partial charge >= 0.3 is 0 Å². The monoisotopic (exact) mass is 367 g/mol. The highest BCUT2D eigenvalue weighted by Gasteiger charge is 2.28. The third kappa shape index (κ3) is 3.32. The minimum absolute atomic E-state index is 0.107. The number of hydrogen-bond acceptors (Lipinski definition) is 6. The Hall–Kier alpha value is -3.10. The van der Waals surface area contributed by atoms with E-state index < -0.39 is 0 Å². The number of aryl methyl sites for hydroxylation is 1. The summed E-state index contributed by atoms with van der Waals surface area (Å²) in [5, 5.41) is 16.6. The van der Waals surface area contributed by atoms with Crippen LogP contribution in [0, 0.1) is 0 Å². The Labute approximate surface area is 155 Å². The summed E-state index contributed by atoms with van der Waals surface area (Å²) in [5.74, 6) is 0.941. The van der Waals surface area contributed by atoms with Gasteiger partial charge in [-0.25, -0.2) is 4.68 Å². The zero-order chi connectivity index (χ0) is 18.8. The maximum absolute atomic E-state index is 12.8. The van der Waals surface area contributed by atoms with Crippen LogP contribution in [0.3, 0.4) is 0 Å². The molecule has 0 bridgehead atoms. The number of carbonyl (C=O) groups is 1. The van der Waals surface area contributed by atoms with Gasteiger partial charge in [-0.1, -0.05) is 17.3 Å². The predicted molar refractivity (Wildman–Crippen MR) is 98.0 cm³/mol. The number of aromatic nitrogens is 6. The van der Waals surface area contributed by atoms with Crippen molar-refractivity contribution in [1.29, 1.82) is 0 Å². The van der Waals surface area contributed by atoms with Crippen LogP contribution in [-0.4, -0.2) is 53.7 Å². The summed E-state index contributed by atoms with van der Waals surface area (Å²) in [4.78, 5) is 27.1. The number of rotatable bonds is 4. The average molecular weight is 367 g/mol. The largest absolute Gasteiger partial charge is 0.340 e. The van der Waals surface area contributed by atoms with Crippen molar-refractivity contribution >= 4 is 16.8 Å². The van der Waals surface area contributed by atoms with Crippen LogP contribution >= 0.6 is 0 Å². The van der Waals surface area contributed by atoms with Crippen molar-refractivity contribution in [2.24, 2.45) is 0 Å². The van der Waals surface area contributed by atoms with E-state index in [1.54, 1.807) is 35.5 Å². The lowest BCUT2D eigenvalue weighted by Gasteiger charge is -2.32. The molecule has 3 aromatic rings. The quantitative estimate of drug-likeness (QED) is 0.677. The van der Waals surface area contributed by atoms with E-state index in [1.165, 1.54) is 0 Å². The summed E-state index contributed by atoms with van der Waals surface area (Å²) < 4.78 is 3.15. The van der Waals surface area contributed by atoms with E-state index in [9.17, 15) is 9.59 Å². The van der Waals surface area contributed by atoms with E-state index in [-0.39, 0.29) is 23.9 Å². The lowest BCUT2D eigenvalue weighted by molar-refractivity contribution is -0.133. The first-order valence-electron chi connectivity index (χ1n) is 9.15. The molecule has 1 atom stereocenters. The van der Waals surface area contributed by atoms with Crippen LogP contribution in [0.25, 0.3) is 10.9 Å². The highest BCUT2D eigenvalue weighted by Crippen LogP contribution is 2.25. The van der Waals surface area contributed by atoms with E-state index in [1.807, 2.05) is 11.5 Å². The van der Waals surface area contributed by atoms with Crippen LogP contribution in [0.4, 0.5) is 0 Å². The molecular formula is C18H21N7O2. The number of likely N-dealkylation sites (tertiary alicyclic amines) is 1. The summed E-state index contributed by atoms with van der Waals surface area (Å²) in [6.45, 7) is 3.99. The van der Waals surface area contributed by atoms with E-state index in [2.05, 4.69) is 20.5 Å². The molecule has 0 aliphatic carbocycles.